The fourth-order valence-corrected chi connectivity index (χ4v) is 3.86. The molecule has 0 aromatic rings. The van der Waals surface area contributed by atoms with Crippen LogP contribution < -0.4 is 5.32 Å². The molecule has 2 rings (SSSR count). The zero-order chi connectivity index (χ0) is 21.3. The SMILES string of the molecule is C#CCN1CCCCC1C(=O)N1CCC(OCCCNC(=O)OC(C)(C)C)CC1. The van der Waals surface area contributed by atoms with Crippen molar-refractivity contribution >= 4 is 12.0 Å². The number of alkyl carbamates (subject to hydrolysis) is 1. The molecule has 0 radical (unpaired) electrons. The van der Waals surface area contributed by atoms with Crippen LogP contribution in [0.2, 0.25) is 0 Å². The molecule has 2 saturated heterocycles. The minimum atomic E-state index is -0.485. The predicted molar refractivity (Wildman–Crippen MR) is 112 cm³/mol. The Bertz CT molecular complexity index is 574. The van der Waals surface area contributed by atoms with Crippen LogP contribution in [0.1, 0.15) is 59.3 Å². The van der Waals surface area contributed by atoms with Crippen molar-refractivity contribution in [3.05, 3.63) is 0 Å². The summed E-state index contributed by atoms with van der Waals surface area (Å²) in [5, 5.41) is 2.74. The molecule has 7 heteroatoms. The van der Waals surface area contributed by atoms with E-state index in [1.165, 1.54) is 0 Å². The molecule has 2 amide bonds. The van der Waals surface area contributed by atoms with Gasteiger partial charge in [-0.15, -0.1) is 6.42 Å². The quantitative estimate of drug-likeness (QED) is 0.518. The number of hydrogen-bond donors (Lipinski definition) is 1. The first kappa shape index (κ1) is 23.5. The lowest BCUT2D eigenvalue weighted by Crippen LogP contribution is -2.53. The van der Waals surface area contributed by atoms with E-state index in [1.807, 2.05) is 25.7 Å². The van der Waals surface area contributed by atoms with E-state index in [-0.39, 0.29) is 18.1 Å². The van der Waals surface area contributed by atoms with E-state index in [1.54, 1.807) is 0 Å². The van der Waals surface area contributed by atoms with Gasteiger partial charge in [-0.3, -0.25) is 9.69 Å². The first-order chi connectivity index (χ1) is 13.8. The van der Waals surface area contributed by atoms with Crippen LogP contribution in [0.5, 0.6) is 0 Å². The maximum Gasteiger partial charge on any atom is 0.407 e. The normalized spacial score (nSPS) is 21.4. The number of hydrogen-bond acceptors (Lipinski definition) is 5. The van der Waals surface area contributed by atoms with Gasteiger partial charge in [-0.2, -0.15) is 0 Å². The Morgan fingerprint density at radius 2 is 1.86 bits per heavy atom. The van der Waals surface area contributed by atoms with E-state index in [0.29, 0.717) is 19.7 Å². The Kier molecular flexibility index (Phi) is 9.25. The number of nitrogens with zero attached hydrogens (tertiary/aromatic N) is 2. The van der Waals surface area contributed by atoms with Crippen molar-refractivity contribution in [1.29, 1.82) is 0 Å². The molecule has 1 atom stereocenters. The second-order valence-corrected chi connectivity index (χ2v) is 8.86. The molecule has 1 N–H and O–H groups in total. The molecular formula is C22H37N3O4. The summed E-state index contributed by atoms with van der Waals surface area (Å²) in [5.74, 6) is 2.91. The average Bonchev–Trinajstić information content (AvgIpc) is 2.67. The summed E-state index contributed by atoms with van der Waals surface area (Å²) in [6.07, 6.45) is 10.8. The second kappa shape index (κ2) is 11.4. The van der Waals surface area contributed by atoms with E-state index in [9.17, 15) is 9.59 Å². The molecule has 2 heterocycles. The summed E-state index contributed by atoms with van der Waals surface area (Å²) in [6, 6.07) is -0.0591. The van der Waals surface area contributed by atoms with Crippen LogP contribution in [0.3, 0.4) is 0 Å². The van der Waals surface area contributed by atoms with Crippen LogP contribution in [0.25, 0.3) is 0 Å². The molecule has 0 saturated carbocycles. The number of carbonyl (C=O) groups is 2. The lowest BCUT2D eigenvalue weighted by atomic mass is 9.99. The zero-order valence-electron chi connectivity index (χ0n) is 18.2. The minimum Gasteiger partial charge on any atom is -0.444 e. The van der Waals surface area contributed by atoms with Gasteiger partial charge in [-0.1, -0.05) is 12.3 Å². The van der Waals surface area contributed by atoms with Crippen LogP contribution >= 0.6 is 0 Å². The fraction of sp³-hybridized carbons (Fsp3) is 0.818. The summed E-state index contributed by atoms with van der Waals surface area (Å²) in [5.41, 5.74) is -0.485. The van der Waals surface area contributed by atoms with Crippen LogP contribution in [0.4, 0.5) is 4.79 Å². The Morgan fingerprint density at radius 1 is 1.14 bits per heavy atom. The predicted octanol–water partition coefficient (Wildman–Crippen LogP) is 2.40. The molecule has 0 spiro atoms. The zero-order valence-corrected chi connectivity index (χ0v) is 18.2. The molecule has 29 heavy (non-hydrogen) atoms. The highest BCUT2D eigenvalue weighted by atomic mass is 16.6. The van der Waals surface area contributed by atoms with Gasteiger partial charge >= 0.3 is 6.09 Å². The van der Waals surface area contributed by atoms with E-state index in [4.69, 9.17) is 15.9 Å². The third-order valence-corrected chi connectivity index (χ3v) is 5.29. The van der Waals surface area contributed by atoms with Gasteiger partial charge in [0.2, 0.25) is 5.91 Å². The standard InChI is InChI=1S/C22H37N3O4/c1-5-13-24-14-7-6-9-19(24)20(26)25-15-10-18(11-16-25)28-17-8-12-23-21(27)29-22(2,3)4/h1,18-19H,6-17H2,2-4H3,(H,23,27). The highest BCUT2D eigenvalue weighted by molar-refractivity contribution is 5.82. The maximum absolute atomic E-state index is 12.9. The number of ether oxygens (including phenoxy) is 2. The molecule has 2 aliphatic rings. The van der Waals surface area contributed by atoms with Gasteiger partial charge in [0.15, 0.2) is 0 Å². The molecule has 7 nitrogen and oxygen atoms in total. The Balaban J connectivity index is 1.62. The molecule has 0 aliphatic carbocycles. The van der Waals surface area contributed by atoms with E-state index < -0.39 is 11.7 Å². The van der Waals surface area contributed by atoms with E-state index >= 15 is 0 Å². The topological polar surface area (TPSA) is 71.1 Å². The Hall–Kier alpha value is -1.78. The van der Waals surface area contributed by atoms with Gasteiger partial charge < -0.3 is 19.7 Å². The van der Waals surface area contributed by atoms with Crippen molar-refractivity contribution in [2.45, 2.75) is 77.0 Å². The van der Waals surface area contributed by atoms with Crippen molar-refractivity contribution in [1.82, 2.24) is 15.1 Å². The average molecular weight is 408 g/mol. The first-order valence-electron chi connectivity index (χ1n) is 10.8. The lowest BCUT2D eigenvalue weighted by molar-refractivity contribution is -0.140. The summed E-state index contributed by atoms with van der Waals surface area (Å²) >= 11 is 0. The maximum atomic E-state index is 12.9. The highest BCUT2D eigenvalue weighted by Gasteiger charge is 2.33. The molecular weight excluding hydrogens is 370 g/mol. The van der Waals surface area contributed by atoms with Crippen molar-refractivity contribution in [2.24, 2.45) is 0 Å². The van der Waals surface area contributed by atoms with Crippen molar-refractivity contribution in [3.8, 4) is 12.3 Å². The number of nitrogens with one attached hydrogen (secondary N) is 1. The number of amides is 2. The van der Waals surface area contributed by atoms with Crippen molar-refractivity contribution in [3.63, 3.8) is 0 Å². The van der Waals surface area contributed by atoms with Crippen molar-refractivity contribution < 1.29 is 19.1 Å². The van der Waals surface area contributed by atoms with Gasteiger partial charge in [-0.05, 0) is 59.4 Å². The van der Waals surface area contributed by atoms with Crippen LogP contribution in [0, 0.1) is 12.3 Å². The van der Waals surface area contributed by atoms with Crippen LogP contribution in [-0.2, 0) is 14.3 Å². The second-order valence-electron chi connectivity index (χ2n) is 8.86. The number of terminal acetylenes is 1. The van der Waals surface area contributed by atoms with Crippen LogP contribution in [-0.4, -0.2) is 78.9 Å². The monoisotopic (exact) mass is 407 g/mol. The third kappa shape index (κ3) is 8.23. The lowest BCUT2D eigenvalue weighted by Gasteiger charge is -2.39. The smallest absolute Gasteiger partial charge is 0.407 e. The van der Waals surface area contributed by atoms with Gasteiger partial charge in [0, 0.05) is 26.2 Å². The fourth-order valence-electron chi connectivity index (χ4n) is 3.86. The number of piperidine rings is 2. The molecule has 2 aliphatic heterocycles. The summed E-state index contributed by atoms with van der Waals surface area (Å²) in [6.45, 7) is 9.58. The van der Waals surface area contributed by atoms with Crippen LogP contribution in [0.15, 0.2) is 0 Å². The van der Waals surface area contributed by atoms with E-state index in [2.05, 4.69) is 16.1 Å². The molecule has 0 aromatic heterocycles. The van der Waals surface area contributed by atoms with E-state index in [0.717, 1.165) is 58.2 Å². The number of rotatable bonds is 7. The Labute approximate surface area is 175 Å². The molecule has 2 fully saturated rings. The number of likely N-dealkylation sites (tertiary alicyclic amines) is 2. The largest absolute Gasteiger partial charge is 0.444 e. The first-order valence-corrected chi connectivity index (χ1v) is 10.8. The third-order valence-electron chi connectivity index (χ3n) is 5.29. The molecule has 0 bridgehead atoms. The summed E-state index contributed by atoms with van der Waals surface area (Å²) in [4.78, 5) is 28.6. The summed E-state index contributed by atoms with van der Waals surface area (Å²) < 4.78 is 11.1. The molecule has 1 unspecified atom stereocenters. The number of carbonyl (C=O) groups excluding carboxylic acids is 2. The Morgan fingerprint density at radius 3 is 2.52 bits per heavy atom. The van der Waals surface area contributed by atoms with Crippen molar-refractivity contribution in [2.75, 3.05) is 39.3 Å². The van der Waals surface area contributed by atoms with Gasteiger partial charge in [0.1, 0.15) is 5.60 Å². The molecule has 164 valence electrons. The van der Waals surface area contributed by atoms with Gasteiger partial charge in [-0.25, -0.2) is 4.79 Å². The van der Waals surface area contributed by atoms with Gasteiger partial charge in [0.25, 0.3) is 0 Å². The molecule has 0 aromatic carbocycles. The van der Waals surface area contributed by atoms with Gasteiger partial charge in [0.05, 0.1) is 18.7 Å². The highest BCUT2D eigenvalue weighted by Crippen LogP contribution is 2.21. The summed E-state index contributed by atoms with van der Waals surface area (Å²) in [7, 11) is 0. The minimum absolute atomic E-state index is 0.0591.